The first-order chi connectivity index (χ1) is 12.2. The normalized spacial score (nSPS) is 26.8. The standard InChI is InChI=1S/C19H28N4O2/c1-25-18-10-17(20-13-21-18)22-7-5-14(6-8-22)9-19(24)23-11-15-3-2-4-16(15)12-23/h10,13-16H,2-9,11-12H2,1H3. The van der Waals surface area contributed by atoms with Crippen molar-refractivity contribution in [2.24, 2.45) is 17.8 Å². The molecule has 1 aliphatic carbocycles. The van der Waals surface area contributed by atoms with Gasteiger partial charge in [0.15, 0.2) is 0 Å². The molecule has 0 spiro atoms. The zero-order chi connectivity index (χ0) is 17.2. The van der Waals surface area contributed by atoms with Gasteiger partial charge in [-0.05, 0) is 43.4 Å². The highest BCUT2D eigenvalue weighted by Crippen LogP contribution is 2.38. The van der Waals surface area contributed by atoms with E-state index in [0.717, 1.165) is 63.1 Å². The molecule has 1 aromatic rings. The van der Waals surface area contributed by atoms with Crippen LogP contribution in [0.5, 0.6) is 5.88 Å². The summed E-state index contributed by atoms with van der Waals surface area (Å²) in [4.78, 5) is 25.5. The van der Waals surface area contributed by atoms with Gasteiger partial charge in [0.25, 0.3) is 0 Å². The number of anilines is 1. The van der Waals surface area contributed by atoms with Gasteiger partial charge in [0.1, 0.15) is 12.1 Å². The van der Waals surface area contributed by atoms with Crippen molar-refractivity contribution < 1.29 is 9.53 Å². The van der Waals surface area contributed by atoms with E-state index in [2.05, 4.69) is 19.8 Å². The molecule has 0 bridgehead atoms. The molecule has 2 unspecified atom stereocenters. The number of amides is 1. The van der Waals surface area contributed by atoms with Crippen molar-refractivity contribution in [2.45, 2.75) is 38.5 Å². The van der Waals surface area contributed by atoms with Crippen LogP contribution in [0.25, 0.3) is 0 Å². The first-order valence-corrected chi connectivity index (χ1v) is 9.61. The van der Waals surface area contributed by atoms with Crippen LogP contribution in [0, 0.1) is 17.8 Å². The van der Waals surface area contributed by atoms with Crippen molar-refractivity contribution in [1.82, 2.24) is 14.9 Å². The first-order valence-electron chi connectivity index (χ1n) is 9.61. The molecule has 0 radical (unpaired) electrons. The highest BCUT2D eigenvalue weighted by molar-refractivity contribution is 5.76. The van der Waals surface area contributed by atoms with Gasteiger partial charge in [-0.3, -0.25) is 4.79 Å². The third kappa shape index (κ3) is 3.58. The molecule has 0 N–H and O–H groups in total. The number of rotatable bonds is 4. The lowest BCUT2D eigenvalue weighted by atomic mass is 9.93. The zero-order valence-electron chi connectivity index (χ0n) is 15.1. The van der Waals surface area contributed by atoms with E-state index in [-0.39, 0.29) is 0 Å². The Labute approximate surface area is 149 Å². The van der Waals surface area contributed by atoms with Gasteiger partial charge in [0, 0.05) is 38.7 Å². The Bertz CT molecular complexity index is 603. The van der Waals surface area contributed by atoms with Crippen LogP contribution in [0.15, 0.2) is 12.4 Å². The van der Waals surface area contributed by atoms with Gasteiger partial charge >= 0.3 is 0 Å². The molecule has 2 aliphatic heterocycles. The fourth-order valence-electron chi connectivity index (χ4n) is 4.80. The minimum Gasteiger partial charge on any atom is -0.481 e. The average Bonchev–Trinajstić information content (AvgIpc) is 3.24. The minimum atomic E-state index is 0.386. The van der Waals surface area contributed by atoms with Crippen LogP contribution in [-0.4, -0.2) is 54.1 Å². The fraction of sp³-hybridized carbons (Fsp3) is 0.737. The quantitative estimate of drug-likeness (QED) is 0.839. The molecule has 2 saturated heterocycles. The molecule has 25 heavy (non-hydrogen) atoms. The van der Waals surface area contributed by atoms with E-state index in [0.29, 0.717) is 17.7 Å². The lowest BCUT2D eigenvalue weighted by molar-refractivity contribution is -0.131. The van der Waals surface area contributed by atoms with Crippen molar-refractivity contribution >= 4 is 11.7 Å². The van der Waals surface area contributed by atoms with E-state index in [1.54, 1.807) is 13.4 Å². The van der Waals surface area contributed by atoms with Crippen LogP contribution in [0.2, 0.25) is 0 Å². The number of methoxy groups -OCH3 is 1. The third-order valence-corrected chi connectivity index (χ3v) is 6.32. The molecule has 4 rings (SSSR count). The van der Waals surface area contributed by atoms with Gasteiger partial charge in [-0.2, -0.15) is 0 Å². The number of fused-ring (bicyclic) bond motifs is 1. The van der Waals surface area contributed by atoms with E-state index in [9.17, 15) is 4.79 Å². The number of carbonyl (C=O) groups excluding carboxylic acids is 1. The topological polar surface area (TPSA) is 58.6 Å². The number of likely N-dealkylation sites (tertiary alicyclic amines) is 1. The van der Waals surface area contributed by atoms with Gasteiger partial charge in [-0.15, -0.1) is 0 Å². The molecule has 3 fully saturated rings. The van der Waals surface area contributed by atoms with Gasteiger partial charge in [0.05, 0.1) is 7.11 Å². The second kappa shape index (κ2) is 7.18. The maximum Gasteiger partial charge on any atom is 0.222 e. The van der Waals surface area contributed by atoms with Crippen LogP contribution in [0.4, 0.5) is 5.82 Å². The Morgan fingerprint density at radius 2 is 1.88 bits per heavy atom. The molecule has 0 aromatic carbocycles. The van der Waals surface area contributed by atoms with Crippen molar-refractivity contribution in [1.29, 1.82) is 0 Å². The maximum atomic E-state index is 12.7. The summed E-state index contributed by atoms with van der Waals surface area (Å²) in [6.45, 7) is 3.93. The largest absolute Gasteiger partial charge is 0.481 e. The molecule has 1 aromatic heterocycles. The number of piperidine rings is 1. The van der Waals surface area contributed by atoms with Gasteiger partial charge in [-0.1, -0.05) is 6.42 Å². The molecule has 6 nitrogen and oxygen atoms in total. The van der Waals surface area contributed by atoms with Crippen LogP contribution >= 0.6 is 0 Å². The van der Waals surface area contributed by atoms with Crippen LogP contribution in [0.3, 0.4) is 0 Å². The molecular weight excluding hydrogens is 316 g/mol. The predicted molar refractivity (Wildman–Crippen MR) is 95.5 cm³/mol. The molecule has 136 valence electrons. The first kappa shape index (κ1) is 16.6. The Morgan fingerprint density at radius 3 is 2.56 bits per heavy atom. The van der Waals surface area contributed by atoms with E-state index in [1.807, 2.05) is 6.07 Å². The van der Waals surface area contributed by atoms with Crippen molar-refractivity contribution in [3.05, 3.63) is 12.4 Å². The van der Waals surface area contributed by atoms with Crippen LogP contribution in [0.1, 0.15) is 38.5 Å². The third-order valence-electron chi connectivity index (χ3n) is 6.32. The van der Waals surface area contributed by atoms with Crippen LogP contribution in [-0.2, 0) is 4.79 Å². The van der Waals surface area contributed by atoms with Crippen molar-refractivity contribution in [2.75, 3.05) is 38.2 Å². The number of hydrogen-bond acceptors (Lipinski definition) is 5. The van der Waals surface area contributed by atoms with Gasteiger partial charge < -0.3 is 14.5 Å². The van der Waals surface area contributed by atoms with E-state index >= 15 is 0 Å². The van der Waals surface area contributed by atoms with Gasteiger partial charge in [0.2, 0.25) is 11.8 Å². The lowest BCUT2D eigenvalue weighted by Crippen LogP contribution is -2.37. The second-order valence-corrected chi connectivity index (χ2v) is 7.80. The summed E-state index contributed by atoms with van der Waals surface area (Å²) in [6.07, 6.45) is 8.40. The smallest absolute Gasteiger partial charge is 0.222 e. The summed E-state index contributed by atoms with van der Waals surface area (Å²) in [6, 6.07) is 1.88. The highest BCUT2D eigenvalue weighted by Gasteiger charge is 2.38. The molecule has 3 heterocycles. The average molecular weight is 344 g/mol. The summed E-state index contributed by atoms with van der Waals surface area (Å²) < 4.78 is 5.18. The predicted octanol–water partition coefficient (Wildman–Crippen LogP) is 2.35. The molecule has 2 atom stereocenters. The molecule has 1 saturated carbocycles. The molecule has 6 heteroatoms. The second-order valence-electron chi connectivity index (χ2n) is 7.80. The van der Waals surface area contributed by atoms with Crippen molar-refractivity contribution in [3.63, 3.8) is 0 Å². The monoisotopic (exact) mass is 344 g/mol. The molecule has 3 aliphatic rings. The fourth-order valence-corrected chi connectivity index (χ4v) is 4.80. The summed E-state index contributed by atoms with van der Waals surface area (Å²) in [5, 5.41) is 0. The Morgan fingerprint density at radius 1 is 1.16 bits per heavy atom. The van der Waals surface area contributed by atoms with Crippen LogP contribution < -0.4 is 9.64 Å². The number of carbonyl (C=O) groups is 1. The lowest BCUT2D eigenvalue weighted by Gasteiger charge is -2.33. The summed E-state index contributed by atoms with van der Waals surface area (Å²) >= 11 is 0. The Hall–Kier alpha value is -1.85. The number of hydrogen-bond donors (Lipinski definition) is 0. The van der Waals surface area contributed by atoms with E-state index < -0.39 is 0 Å². The number of nitrogens with zero attached hydrogens (tertiary/aromatic N) is 4. The molecular formula is C19H28N4O2. The Balaban J connectivity index is 1.26. The minimum absolute atomic E-state index is 0.386. The SMILES string of the molecule is COc1cc(N2CCC(CC(=O)N3CC4CCCC4C3)CC2)ncn1. The highest BCUT2D eigenvalue weighted by atomic mass is 16.5. The Kier molecular flexibility index (Phi) is 4.77. The van der Waals surface area contributed by atoms with Gasteiger partial charge in [-0.25, -0.2) is 9.97 Å². The van der Waals surface area contributed by atoms with E-state index in [4.69, 9.17) is 4.74 Å². The summed E-state index contributed by atoms with van der Waals surface area (Å²) in [7, 11) is 1.62. The van der Waals surface area contributed by atoms with Crippen molar-refractivity contribution in [3.8, 4) is 5.88 Å². The van der Waals surface area contributed by atoms with E-state index in [1.165, 1.54) is 19.3 Å². The summed E-state index contributed by atoms with van der Waals surface area (Å²) in [5.74, 6) is 3.99. The summed E-state index contributed by atoms with van der Waals surface area (Å²) in [5.41, 5.74) is 0. The maximum absolute atomic E-state index is 12.7. The number of ether oxygens (including phenoxy) is 1. The molecule has 1 amide bonds. The zero-order valence-corrected chi connectivity index (χ0v) is 15.1. The number of aromatic nitrogens is 2.